The van der Waals surface area contributed by atoms with Gasteiger partial charge in [0, 0.05) is 60.7 Å². The van der Waals surface area contributed by atoms with Crippen LogP contribution in [0.3, 0.4) is 0 Å². The van der Waals surface area contributed by atoms with E-state index < -0.39 is 0 Å². The molecule has 13 aromatic rings. The Morgan fingerprint density at radius 3 is 1.38 bits per heavy atom. The topological polar surface area (TPSA) is 62.7 Å². The summed E-state index contributed by atoms with van der Waals surface area (Å²) in [6.07, 6.45) is 0. The predicted molar refractivity (Wildman–Crippen MR) is 358 cm³/mol. The molecule has 0 spiro atoms. The zero-order chi connectivity index (χ0) is 59.2. The molecule has 0 atom stereocenters. The van der Waals surface area contributed by atoms with Crippen molar-refractivity contribution in [3.8, 4) is 51.6 Å². The van der Waals surface area contributed by atoms with Gasteiger partial charge in [0.2, 0.25) is 5.95 Å². The molecule has 0 fully saturated rings. The summed E-state index contributed by atoms with van der Waals surface area (Å²) >= 11 is 0. The molecule has 0 bridgehead atoms. The quantitative estimate of drug-likeness (QED) is 0.165. The molecule has 85 heavy (non-hydrogen) atoms. The lowest BCUT2D eigenvalue weighted by molar-refractivity contribution is 0.486. The van der Waals surface area contributed by atoms with E-state index in [1.54, 1.807) is 0 Å². The maximum Gasteiger partial charge on any atom is 0.256 e. The Labute approximate surface area is 499 Å². The fourth-order valence-electron chi connectivity index (χ4n) is 13.7. The van der Waals surface area contributed by atoms with Crippen LogP contribution in [0.1, 0.15) is 132 Å². The first kappa shape index (κ1) is 53.0. The smallest absolute Gasteiger partial charge is 0.256 e. The predicted octanol–water partition coefficient (Wildman–Crippen LogP) is 17.9. The van der Waals surface area contributed by atoms with Gasteiger partial charge >= 0.3 is 0 Å². The third-order valence-corrected chi connectivity index (χ3v) is 18.5. The zero-order valence-corrected chi connectivity index (χ0v) is 51.8. The lowest BCUT2D eigenvalue weighted by atomic mass is 9.34. The van der Waals surface area contributed by atoms with E-state index in [0.717, 1.165) is 77.6 Å². The van der Waals surface area contributed by atoms with Gasteiger partial charge in [0.25, 0.3) is 6.71 Å². The third-order valence-electron chi connectivity index (χ3n) is 18.5. The van der Waals surface area contributed by atoms with Crippen molar-refractivity contribution >= 4 is 88.5 Å². The van der Waals surface area contributed by atoms with Crippen LogP contribution in [0.25, 0.3) is 106 Å². The normalized spacial score (nSPS) is 13.7. The molecule has 4 aromatic heterocycles. The molecule has 2 aliphatic rings. The van der Waals surface area contributed by atoms with Crippen LogP contribution in [0.15, 0.2) is 170 Å². The third kappa shape index (κ3) is 8.18. The largest absolute Gasteiger partial charge is 0.458 e. The monoisotopic (exact) mass is 1110 g/mol. The van der Waals surface area contributed by atoms with Gasteiger partial charge in [-0.05, 0) is 114 Å². The summed E-state index contributed by atoms with van der Waals surface area (Å²) in [4.78, 5) is 16.4. The molecule has 0 aliphatic carbocycles. The first-order valence-corrected chi connectivity index (χ1v) is 30.4. The molecule has 15 rings (SSSR count). The van der Waals surface area contributed by atoms with Crippen molar-refractivity contribution < 1.29 is 4.74 Å². The molecule has 2 aliphatic heterocycles. The fourth-order valence-corrected chi connectivity index (χ4v) is 13.7. The SMILES string of the molecule is CC(C)(C)c1ccc(-c2nc(-c3ccc(C(C)(C)C)cc3)nc(-n3c4ccccc4c4ccc5c6ccccc6n(-c6cc7c8c(c6)-n6c9ccc(C(C)(C)C)cc9c9cc(C(C)(C)C)cc(c96)B8c6cc(C(C)(C)C)ccc6O7)c5c43)n2)cc1. The van der Waals surface area contributed by atoms with E-state index in [4.69, 9.17) is 19.7 Å². The molecule has 9 aromatic carbocycles. The molecule has 0 N–H and O–H groups in total. The second-order valence-corrected chi connectivity index (χ2v) is 29.4. The Kier molecular flexibility index (Phi) is 11.2. The first-order chi connectivity index (χ1) is 40.3. The average Bonchev–Trinajstić information content (AvgIpc) is 1.69. The van der Waals surface area contributed by atoms with E-state index in [0.29, 0.717) is 17.6 Å². The van der Waals surface area contributed by atoms with Gasteiger partial charge in [0.1, 0.15) is 11.5 Å². The molecular weight excluding hydrogens is 1040 g/mol. The number of aromatic nitrogens is 6. The van der Waals surface area contributed by atoms with Crippen LogP contribution in [0.4, 0.5) is 0 Å². The molecule has 8 heteroatoms. The summed E-state index contributed by atoms with van der Waals surface area (Å²) < 4.78 is 14.8. The van der Waals surface area contributed by atoms with Gasteiger partial charge in [-0.25, -0.2) is 4.98 Å². The number of nitrogens with zero attached hydrogens (tertiary/aromatic N) is 6. The van der Waals surface area contributed by atoms with Gasteiger partial charge in [-0.3, -0.25) is 4.57 Å². The summed E-state index contributed by atoms with van der Waals surface area (Å²) in [6, 6.07) is 63.7. The minimum Gasteiger partial charge on any atom is -0.458 e. The number of para-hydroxylation sites is 2. The molecule has 7 nitrogen and oxygen atoms in total. The van der Waals surface area contributed by atoms with Crippen molar-refractivity contribution in [3.05, 3.63) is 198 Å². The lowest BCUT2D eigenvalue weighted by Crippen LogP contribution is -2.58. The van der Waals surface area contributed by atoms with Gasteiger partial charge in [-0.2, -0.15) is 9.97 Å². The van der Waals surface area contributed by atoms with E-state index in [9.17, 15) is 0 Å². The summed E-state index contributed by atoms with van der Waals surface area (Å²) in [6.45, 7) is 34.4. The molecule has 0 unspecified atom stereocenters. The molecule has 0 amide bonds. The van der Waals surface area contributed by atoms with Crippen LogP contribution < -0.4 is 21.1 Å². The standard InChI is InChI=1S/C77H73BN6O/c1-73(2,3)46-28-24-44(25-29-46)70-79-71(45-26-30-47(31-27-45)74(4,5)6)81-72(80-70)84-61-23-19-17-21-53(61)55-35-34-54-52-20-16-18-22-60(52)82(68(54)69(55)84)51-42-63-66-65(43-51)85-64-37-33-49(76(10,11)12)40-58(64)78(66)59-41-50(77(13,14)15)39-57-56-38-48(75(7,8)9)32-36-62(56)83(63)67(57)59/h16-43H,1-15H3. The van der Waals surface area contributed by atoms with Crippen molar-refractivity contribution in [2.24, 2.45) is 0 Å². The van der Waals surface area contributed by atoms with Gasteiger partial charge in [0.05, 0.1) is 33.3 Å². The number of hydrogen-bond acceptors (Lipinski definition) is 4. The summed E-state index contributed by atoms with van der Waals surface area (Å²) in [7, 11) is 0. The Bertz CT molecular complexity index is 4900. The number of hydrogen-bond donors (Lipinski definition) is 0. The highest BCUT2D eigenvalue weighted by Gasteiger charge is 2.43. The van der Waals surface area contributed by atoms with E-state index >= 15 is 0 Å². The summed E-state index contributed by atoms with van der Waals surface area (Å²) in [5, 5.41) is 7.06. The van der Waals surface area contributed by atoms with Crippen LogP contribution >= 0.6 is 0 Å². The van der Waals surface area contributed by atoms with Gasteiger partial charge < -0.3 is 13.9 Å². The number of benzene rings is 9. The molecule has 0 saturated heterocycles. The molecule has 6 heterocycles. The maximum absolute atomic E-state index is 7.45. The molecular formula is C77H73BN6O. The molecule has 0 saturated carbocycles. The summed E-state index contributed by atoms with van der Waals surface area (Å²) in [5.41, 5.74) is 20.5. The van der Waals surface area contributed by atoms with Crippen molar-refractivity contribution in [3.63, 3.8) is 0 Å². The number of fused-ring (bicyclic) bond motifs is 14. The first-order valence-electron chi connectivity index (χ1n) is 30.4. The summed E-state index contributed by atoms with van der Waals surface area (Å²) in [5.74, 6) is 3.54. The Morgan fingerprint density at radius 2 is 0.812 bits per heavy atom. The minimum absolute atomic E-state index is 0.0154. The Balaban J connectivity index is 1.06. The van der Waals surface area contributed by atoms with Gasteiger partial charge in [-0.15, -0.1) is 0 Å². The minimum atomic E-state index is -0.0981. The van der Waals surface area contributed by atoms with Crippen LogP contribution in [0, 0.1) is 0 Å². The second kappa shape index (κ2) is 17.9. The average molecular weight is 1110 g/mol. The van der Waals surface area contributed by atoms with Crippen molar-refractivity contribution in [1.82, 2.24) is 28.7 Å². The zero-order valence-electron chi connectivity index (χ0n) is 51.8. The highest BCUT2D eigenvalue weighted by atomic mass is 16.5. The van der Waals surface area contributed by atoms with E-state index in [1.165, 1.54) is 66.0 Å². The second-order valence-electron chi connectivity index (χ2n) is 29.4. The van der Waals surface area contributed by atoms with Crippen LogP contribution in [-0.4, -0.2) is 35.4 Å². The van der Waals surface area contributed by atoms with Gasteiger partial charge in [0.15, 0.2) is 11.6 Å². The lowest BCUT2D eigenvalue weighted by Gasteiger charge is -2.35. The van der Waals surface area contributed by atoms with E-state index in [1.807, 2.05) is 0 Å². The Morgan fingerprint density at radius 1 is 0.341 bits per heavy atom. The fraction of sp³-hybridized carbons (Fsp3) is 0.260. The van der Waals surface area contributed by atoms with Crippen LogP contribution in [-0.2, 0) is 27.1 Å². The van der Waals surface area contributed by atoms with E-state index in [-0.39, 0.29) is 33.8 Å². The van der Waals surface area contributed by atoms with Gasteiger partial charge in [-0.1, -0.05) is 225 Å². The van der Waals surface area contributed by atoms with E-state index in [2.05, 4.69) is 287 Å². The Hall–Kier alpha value is -8.75. The molecule has 0 radical (unpaired) electrons. The maximum atomic E-state index is 7.45. The number of rotatable bonds is 4. The number of ether oxygens (including phenoxy) is 1. The van der Waals surface area contributed by atoms with Crippen molar-refractivity contribution in [2.75, 3.05) is 0 Å². The molecule has 420 valence electrons. The van der Waals surface area contributed by atoms with Crippen LogP contribution in [0.5, 0.6) is 11.5 Å². The highest BCUT2D eigenvalue weighted by molar-refractivity contribution is 6.99. The highest BCUT2D eigenvalue weighted by Crippen LogP contribution is 2.46. The van der Waals surface area contributed by atoms with Crippen molar-refractivity contribution in [2.45, 2.75) is 131 Å². The van der Waals surface area contributed by atoms with Crippen LogP contribution in [0.2, 0.25) is 0 Å². The van der Waals surface area contributed by atoms with Crippen molar-refractivity contribution in [1.29, 1.82) is 0 Å².